The number of pyridine rings is 1. The Bertz CT molecular complexity index is 366. The lowest BCUT2D eigenvalue weighted by molar-refractivity contribution is 0.233. The second-order valence-corrected chi connectivity index (χ2v) is 5.52. The Morgan fingerprint density at radius 3 is 2.53 bits per heavy atom. The van der Waals surface area contributed by atoms with Gasteiger partial charge in [-0.05, 0) is 44.7 Å². The monoisotopic (exact) mass is 264 g/mol. The molecule has 0 aromatic carbocycles. The average molecular weight is 264 g/mol. The highest BCUT2D eigenvalue weighted by Gasteiger charge is 2.13. The lowest BCUT2D eigenvalue weighted by Gasteiger charge is -2.23. The summed E-state index contributed by atoms with van der Waals surface area (Å²) < 4.78 is 5.75. The molecule has 3 nitrogen and oxygen atoms in total. The fourth-order valence-corrected chi connectivity index (χ4v) is 2.02. The molecule has 108 valence electrons. The molecule has 0 aliphatic heterocycles. The first-order valence-corrected chi connectivity index (χ1v) is 7.44. The molecule has 2 unspecified atom stereocenters. The minimum absolute atomic E-state index is 0.144. The standard InChI is InChI=1S/C16H28N2O/c1-6-13(5)11-14(7-2)18-15-9-8-10-17-16(15)19-12(3)4/h8-10,12-14,18H,6-7,11H2,1-5H3. The van der Waals surface area contributed by atoms with E-state index in [0.717, 1.165) is 18.0 Å². The number of hydrogen-bond acceptors (Lipinski definition) is 3. The van der Waals surface area contributed by atoms with Gasteiger partial charge >= 0.3 is 0 Å². The van der Waals surface area contributed by atoms with Crippen LogP contribution in [0.1, 0.15) is 53.9 Å². The molecular formula is C16H28N2O. The van der Waals surface area contributed by atoms with Crippen LogP contribution in [0, 0.1) is 5.92 Å². The van der Waals surface area contributed by atoms with Crippen molar-refractivity contribution in [3.8, 4) is 5.88 Å². The molecule has 0 aliphatic carbocycles. The van der Waals surface area contributed by atoms with Crippen molar-refractivity contribution in [3.63, 3.8) is 0 Å². The first-order chi connectivity index (χ1) is 9.06. The maximum atomic E-state index is 5.75. The SMILES string of the molecule is CCC(C)CC(CC)Nc1cccnc1OC(C)C. The minimum atomic E-state index is 0.144. The molecule has 0 bridgehead atoms. The molecular weight excluding hydrogens is 236 g/mol. The van der Waals surface area contributed by atoms with Gasteiger partial charge in [-0.15, -0.1) is 0 Å². The molecule has 0 saturated carbocycles. The Hall–Kier alpha value is -1.25. The lowest BCUT2D eigenvalue weighted by Crippen LogP contribution is -2.22. The summed E-state index contributed by atoms with van der Waals surface area (Å²) in [5, 5.41) is 3.58. The highest BCUT2D eigenvalue weighted by Crippen LogP contribution is 2.25. The van der Waals surface area contributed by atoms with E-state index in [1.807, 2.05) is 26.0 Å². The van der Waals surface area contributed by atoms with Gasteiger partial charge in [0, 0.05) is 12.2 Å². The third kappa shape index (κ3) is 5.50. The Morgan fingerprint density at radius 2 is 1.95 bits per heavy atom. The lowest BCUT2D eigenvalue weighted by atomic mass is 9.97. The van der Waals surface area contributed by atoms with E-state index < -0.39 is 0 Å². The van der Waals surface area contributed by atoms with Crippen LogP contribution in [0.2, 0.25) is 0 Å². The number of nitrogens with one attached hydrogen (secondary N) is 1. The number of nitrogens with zero attached hydrogens (tertiary/aromatic N) is 1. The van der Waals surface area contributed by atoms with Crippen molar-refractivity contribution in [1.82, 2.24) is 4.98 Å². The molecule has 0 fully saturated rings. The summed E-state index contributed by atoms with van der Waals surface area (Å²) in [6, 6.07) is 4.48. The zero-order chi connectivity index (χ0) is 14.3. The van der Waals surface area contributed by atoms with Gasteiger partial charge in [-0.1, -0.05) is 27.2 Å². The minimum Gasteiger partial charge on any atom is -0.473 e. The van der Waals surface area contributed by atoms with Crippen LogP contribution in [0.5, 0.6) is 5.88 Å². The predicted octanol–water partition coefficient (Wildman–Crippen LogP) is 4.50. The van der Waals surface area contributed by atoms with Crippen molar-refractivity contribution in [2.24, 2.45) is 5.92 Å². The highest BCUT2D eigenvalue weighted by molar-refractivity contribution is 5.52. The second-order valence-electron chi connectivity index (χ2n) is 5.52. The van der Waals surface area contributed by atoms with E-state index >= 15 is 0 Å². The zero-order valence-corrected chi connectivity index (χ0v) is 12.9. The van der Waals surface area contributed by atoms with E-state index in [9.17, 15) is 0 Å². The molecule has 1 rings (SSSR count). The van der Waals surface area contributed by atoms with E-state index in [0.29, 0.717) is 11.9 Å². The molecule has 3 heteroatoms. The smallest absolute Gasteiger partial charge is 0.237 e. The van der Waals surface area contributed by atoms with Crippen LogP contribution in [0.15, 0.2) is 18.3 Å². The molecule has 1 aromatic rings. The highest BCUT2D eigenvalue weighted by atomic mass is 16.5. The third-order valence-electron chi connectivity index (χ3n) is 3.35. The molecule has 0 radical (unpaired) electrons. The predicted molar refractivity (Wildman–Crippen MR) is 81.8 cm³/mol. The van der Waals surface area contributed by atoms with E-state index in [2.05, 4.69) is 31.1 Å². The topological polar surface area (TPSA) is 34.2 Å². The zero-order valence-electron chi connectivity index (χ0n) is 12.9. The first kappa shape index (κ1) is 15.8. The number of anilines is 1. The quantitative estimate of drug-likeness (QED) is 0.751. The van der Waals surface area contributed by atoms with Crippen LogP contribution in [0.25, 0.3) is 0 Å². The molecule has 1 heterocycles. The number of aromatic nitrogens is 1. The van der Waals surface area contributed by atoms with Crippen molar-refractivity contribution in [1.29, 1.82) is 0 Å². The fraction of sp³-hybridized carbons (Fsp3) is 0.688. The van der Waals surface area contributed by atoms with Crippen LogP contribution in [-0.4, -0.2) is 17.1 Å². The van der Waals surface area contributed by atoms with Gasteiger partial charge in [0.25, 0.3) is 0 Å². The van der Waals surface area contributed by atoms with Gasteiger partial charge in [0.1, 0.15) is 0 Å². The molecule has 1 N–H and O–H groups in total. The maximum absolute atomic E-state index is 5.75. The normalized spacial score (nSPS) is 14.2. The van der Waals surface area contributed by atoms with Crippen LogP contribution in [-0.2, 0) is 0 Å². The summed E-state index contributed by atoms with van der Waals surface area (Å²) in [5.41, 5.74) is 1.01. The maximum Gasteiger partial charge on any atom is 0.237 e. The summed E-state index contributed by atoms with van der Waals surface area (Å²) in [5.74, 6) is 1.45. The Kier molecular flexibility index (Phi) is 6.68. The van der Waals surface area contributed by atoms with Crippen LogP contribution in [0.3, 0.4) is 0 Å². The van der Waals surface area contributed by atoms with Gasteiger partial charge < -0.3 is 10.1 Å². The van der Waals surface area contributed by atoms with Crippen molar-refractivity contribution in [2.75, 3.05) is 5.32 Å². The summed E-state index contributed by atoms with van der Waals surface area (Å²) in [6.07, 6.45) is 5.44. The van der Waals surface area contributed by atoms with E-state index in [-0.39, 0.29) is 6.10 Å². The molecule has 19 heavy (non-hydrogen) atoms. The molecule has 1 aromatic heterocycles. The van der Waals surface area contributed by atoms with Gasteiger partial charge in [0.15, 0.2) is 0 Å². The fourth-order valence-electron chi connectivity index (χ4n) is 2.02. The van der Waals surface area contributed by atoms with E-state index in [1.165, 1.54) is 12.8 Å². The van der Waals surface area contributed by atoms with Crippen molar-refractivity contribution in [3.05, 3.63) is 18.3 Å². The second kappa shape index (κ2) is 8.03. The number of rotatable bonds is 8. The van der Waals surface area contributed by atoms with Crippen molar-refractivity contribution < 1.29 is 4.74 Å². The number of ether oxygens (including phenoxy) is 1. The average Bonchev–Trinajstić information content (AvgIpc) is 2.39. The summed E-state index contributed by atoms with van der Waals surface area (Å²) in [6.45, 7) is 10.8. The van der Waals surface area contributed by atoms with Crippen LogP contribution in [0.4, 0.5) is 5.69 Å². The molecule has 0 amide bonds. The van der Waals surface area contributed by atoms with Crippen molar-refractivity contribution in [2.45, 2.75) is 66.0 Å². The van der Waals surface area contributed by atoms with Crippen LogP contribution < -0.4 is 10.1 Å². The van der Waals surface area contributed by atoms with Gasteiger partial charge in [-0.3, -0.25) is 0 Å². The van der Waals surface area contributed by atoms with Gasteiger partial charge in [-0.2, -0.15) is 0 Å². The Labute approximate surface area is 117 Å². The Balaban J connectivity index is 2.73. The molecule has 0 spiro atoms. The van der Waals surface area contributed by atoms with E-state index in [4.69, 9.17) is 4.74 Å². The van der Waals surface area contributed by atoms with Crippen molar-refractivity contribution >= 4 is 5.69 Å². The summed E-state index contributed by atoms with van der Waals surface area (Å²) >= 11 is 0. The molecule has 0 aliphatic rings. The van der Waals surface area contributed by atoms with Crippen LogP contribution >= 0.6 is 0 Å². The molecule has 2 atom stereocenters. The van der Waals surface area contributed by atoms with Gasteiger partial charge in [0.2, 0.25) is 5.88 Å². The Morgan fingerprint density at radius 1 is 1.21 bits per heavy atom. The summed E-state index contributed by atoms with van der Waals surface area (Å²) in [4.78, 5) is 4.32. The molecule has 0 saturated heterocycles. The first-order valence-electron chi connectivity index (χ1n) is 7.44. The van der Waals surface area contributed by atoms with Gasteiger partial charge in [0.05, 0.1) is 11.8 Å². The largest absolute Gasteiger partial charge is 0.473 e. The summed E-state index contributed by atoms with van der Waals surface area (Å²) in [7, 11) is 0. The third-order valence-corrected chi connectivity index (χ3v) is 3.35. The van der Waals surface area contributed by atoms with E-state index in [1.54, 1.807) is 6.20 Å². The van der Waals surface area contributed by atoms with Gasteiger partial charge in [-0.25, -0.2) is 4.98 Å². The number of hydrogen-bond donors (Lipinski definition) is 1.